The normalized spacial score (nSPS) is 17.3. The van der Waals surface area contributed by atoms with Crippen LogP contribution >= 0.6 is 0 Å². The van der Waals surface area contributed by atoms with Crippen LogP contribution in [0.25, 0.3) is 0 Å². The molecule has 2 N–H and O–H groups in total. The minimum atomic E-state index is -4.41. The maximum Gasteiger partial charge on any atom is 0.405 e. The number of aromatic nitrogens is 2. The number of hydrogen-bond donors (Lipinski definition) is 2. The molecule has 6 nitrogen and oxygen atoms in total. The molecule has 0 radical (unpaired) electrons. The van der Waals surface area contributed by atoms with Crippen LogP contribution in [0.2, 0.25) is 0 Å². The average molecular weight is 393 g/mol. The van der Waals surface area contributed by atoms with Crippen LogP contribution in [-0.4, -0.2) is 41.7 Å². The summed E-state index contributed by atoms with van der Waals surface area (Å²) in [4.78, 5) is 22.6. The smallest absolute Gasteiger partial charge is 0.347 e. The third-order valence-corrected chi connectivity index (χ3v) is 4.50. The predicted molar refractivity (Wildman–Crippen MR) is 100 cm³/mol. The van der Waals surface area contributed by atoms with E-state index >= 15 is 0 Å². The lowest BCUT2D eigenvalue weighted by atomic mass is 9.97. The van der Waals surface area contributed by atoms with Gasteiger partial charge in [0.05, 0.1) is 5.92 Å². The zero-order valence-corrected chi connectivity index (χ0v) is 15.5. The van der Waals surface area contributed by atoms with Crippen LogP contribution < -0.4 is 15.5 Å². The Morgan fingerprint density at radius 3 is 2.71 bits per heavy atom. The number of piperidine rings is 1. The number of carbonyl (C=O) groups is 1. The van der Waals surface area contributed by atoms with Crippen LogP contribution in [0.5, 0.6) is 0 Å². The Morgan fingerprint density at radius 2 is 2.00 bits per heavy atom. The van der Waals surface area contributed by atoms with Crippen molar-refractivity contribution in [1.82, 2.24) is 15.3 Å². The van der Waals surface area contributed by atoms with Crippen LogP contribution in [0.3, 0.4) is 0 Å². The van der Waals surface area contributed by atoms with Crippen molar-refractivity contribution in [2.75, 3.05) is 29.9 Å². The first kappa shape index (κ1) is 19.9. The predicted octanol–water partition coefficient (Wildman–Crippen LogP) is 3.42. The lowest BCUT2D eigenvalue weighted by Gasteiger charge is -2.32. The van der Waals surface area contributed by atoms with Crippen molar-refractivity contribution in [2.45, 2.75) is 25.9 Å². The summed E-state index contributed by atoms with van der Waals surface area (Å²) in [6.45, 7) is 1.63. The Labute approximate surface area is 161 Å². The minimum absolute atomic E-state index is 0.289. The molecular formula is C19H22F3N5O. The molecule has 2 aromatic rings. The van der Waals surface area contributed by atoms with Crippen molar-refractivity contribution in [2.24, 2.45) is 5.92 Å². The number of alkyl halides is 3. The number of rotatable bonds is 5. The fraction of sp³-hybridized carbons (Fsp3) is 0.421. The number of anilines is 3. The van der Waals surface area contributed by atoms with Crippen molar-refractivity contribution in [1.29, 1.82) is 0 Å². The number of halogens is 3. The molecule has 1 aromatic carbocycles. The quantitative estimate of drug-likeness (QED) is 0.815. The third-order valence-electron chi connectivity index (χ3n) is 4.50. The average Bonchev–Trinajstić information content (AvgIpc) is 2.68. The summed E-state index contributed by atoms with van der Waals surface area (Å²) >= 11 is 0. The number of carbonyl (C=O) groups excluding carboxylic acids is 1. The molecule has 1 aliphatic rings. The highest BCUT2D eigenvalue weighted by molar-refractivity contribution is 5.79. The van der Waals surface area contributed by atoms with E-state index in [0.29, 0.717) is 31.2 Å². The number of aryl methyl sites for hydroxylation is 1. The second kappa shape index (κ2) is 8.45. The number of benzene rings is 1. The van der Waals surface area contributed by atoms with Crippen molar-refractivity contribution < 1.29 is 18.0 Å². The van der Waals surface area contributed by atoms with Crippen molar-refractivity contribution in [3.8, 4) is 0 Å². The summed E-state index contributed by atoms with van der Waals surface area (Å²) in [7, 11) is 0. The van der Waals surface area contributed by atoms with Crippen molar-refractivity contribution >= 4 is 23.4 Å². The van der Waals surface area contributed by atoms with E-state index in [9.17, 15) is 18.0 Å². The van der Waals surface area contributed by atoms with E-state index in [2.05, 4.69) is 15.3 Å². The fourth-order valence-electron chi connectivity index (χ4n) is 3.06. The highest BCUT2D eigenvalue weighted by Crippen LogP contribution is 2.23. The molecule has 1 aliphatic heterocycles. The molecule has 9 heteroatoms. The molecule has 1 unspecified atom stereocenters. The molecule has 28 heavy (non-hydrogen) atoms. The van der Waals surface area contributed by atoms with Gasteiger partial charge in [-0.1, -0.05) is 17.7 Å². The lowest BCUT2D eigenvalue weighted by molar-refractivity contribution is -0.140. The molecule has 1 aromatic heterocycles. The van der Waals surface area contributed by atoms with Gasteiger partial charge in [-0.05, 0) is 38.0 Å². The highest BCUT2D eigenvalue weighted by atomic mass is 19.4. The van der Waals surface area contributed by atoms with Gasteiger partial charge in [-0.15, -0.1) is 0 Å². The SMILES string of the molecule is Cc1ccc(Nc2ccnc(N3CCCC(C(=O)NCC(F)(F)F)C3)n2)cc1. The number of nitrogens with one attached hydrogen (secondary N) is 2. The number of amides is 1. The second-order valence-electron chi connectivity index (χ2n) is 6.85. The summed E-state index contributed by atoms with van der Waals surface area (Å²) in [6, 6.07) is 9.59. The summed E-state index contributed by atoms with van der Waals surface area (Å²) in [5, 5.41) is 5.17. The minimum Gasteiger partial charge on any atom is -0.347 e. The maximum absolute atomic E-state index is 12.3. The molecule has 1 amide bonds. The van der Waals surface area contributed by atoms with E-state index in [1.54, 1.807) is 12.3 Å². The summed E-state index contributed by atoms with van der Waals surface area (Å²) in [5.41, 5.74) is 2.04. The first-order chi connectivity index (χ1) is 13.3. The van der Waals surface area contributed by atoms with E-state index < -0.39 is 24.5 Å². The molecule has 1 fully saturated rings. The van der Waals surface area contributed by atoms with Gasteiger partial charge in [-0.2, -0.15) is 18.2 Å². The summed E-state index contributed by atoms with van der Waals surface area (Å²) in [6.07, 6.45) is -1.57. The van der Waals surface area contributed by atoms with Gasteiger partial charge in [0.1, 0.15) is 12.4 Å². The van der Waals surface area contributed by atoms with E-state index in [4.69, 9.17) is 0 Å². The molecule has 0 aliphatic carbocycles. The van der Waals surface area contributed by atoms with Gasteiger partial charge in [0.15, 0.2) is 0 Å². The first-order valence-corrected chi connectivity index (χ1v) is 9.06. The van der Waals surface area contributed by atoms with Gasteiger partial charge >= 0.3 is 6.18 Å². The van der Waals surface area contributed by atoms with Gasteiger partial charge < -0.3 is 15.5 Å². The Bertz CT molecular complexity index is 810. The molecule has 150 valence electrons. The van der Waals surface area contributed by atoms with Crippen LogP contribution in [0.15, 0.2) is 36.5 Å². The topological polar surface area (TPSA) is 70.2 Å². The van der Waals surface area contributed by atoms with E-state index in [0.717, 1.165) is 11.3 Å². The van der Waals surface area contributed by atoms with Crippen molar-refractivity contribution in [3.63, 3.8) is 0 Å². The first-order valence-electron chi connectivity index (χ1n) is 9.06. The molecule has 0 saturated carbocycles. The Morgan fingerprint density at radius 1 is 1.25 bits per heavy atom. The summed E-state index contributed by atoms with van der Waals surface area (Å²) in [5.74, 6) is -0.0488. The van der Waals surface area contributed by atoms with Crippen LogP contribution in [0.4, 0.5) is 30.6 Å². The van der Waals surface area contributed by atoms with Gasteiger partial charge in [0, 0.05) is 25.0 Å². The fourth-order valence-corrected chi connectivity index (χ4v) is 3.06. The summed E-state index contributed by atoms with van der Waals surface area (Å²) < 4.78 is 37.0. The molecular weight excluding hydrogens is 371 g/mol. The Hall–Kier alpha value is -2.84. The van der Waals surface area contributed by atoms with Crippen LogP contribution in [0, 0.1) is 12.8 Å². The van der Waals surface area contributed by atoms with Crippen molar-refractivity contribution in [3.05, 3.63) is 42.1 Å². The molecule has 1 saturated heterocycles. The molecule has 2 heterocycles. The maximum atomic E-state index is 12.3. The molecule has 0 bridgehead atoms. The monoisotopic (exact) mass is 393 g/mol. The lowest BCUT2D eigenvalue weighted by Crippen LogP contribution is -2.45. The third kappa shape index (κ3) is 5.58. The van der Waals surface area contributed by atoms with Gasteiger partial charge in [0.2, 0.25) is 11.9 Å². The zero-order chi connectivity index (χ0) is 20.1. The van der Waals surface area contributed by atoms with Gasteiger partial charge in [-0.3, -0.25) is 4.79 Å². The van der Waals surface area contributed by atoms with E-state index in [-0.39, 0.29) is 6.54 Å². The number of hydrogen-bond acceptors (Lipinski definition) is 5. The Balaban J connectivity index is 1.64. The highest BCUT2D eigenvalue weighted by Gasteiger charge is 2.32. The largest absolute Gasteiger partial charge is 0.405 e. The Kier molecular flexibility index (Phi) is 6.01. The van der Waals surface area contributed by atoms with E-state index in [1.807, 2.05) is 41.4 Å². The zero-order valence-electron chi connectivity index (χ0n) is 15.5. The van der Waals surface area contributed by atoms with E-state index in [1.165, 1.54) is 0 Å². The molecule has 1 atom stereocenters. The van der Waals surface area contributed by atoms with Crippen LogP contribution in [0.1, 0.15) is 18.4 Å². The molecule has 0 spiro atoms. The second-order valence-corrected chi connectivity index (χ2v) is 6.85. The molecule has 3 rings (SSSR count). The van der Waals surface area contributed by atoms with Crippen LogP contribution in [-0.2, 0) is 4.79 Å². The van der Waals surface area contributed by atoms with Gasteiger partial charge in [0.25, 0.3) is 0 Å². The number of nitrogens with zero attached hydrogens (tertiary/aromatic N) is 3. The van der Waals surface area contributed by atoms with Gasteiger partial charge in [-0.25, -0.2) is 4.98 Å². The standard InChI is InChI=1S/C19H22F3N5O/c1-13-4-6-15(7-5-13)25-16-8-9-23-18(26-16)27-10-2-3-14(11-27)17(28)24-12-19(20,21)22/h4-9,14H,2-3,10-12H2,1H3,(H,24,28)(H,23,25,26).